The van der Waals surface area contributed by atoms with E-state index in [-0.39, 0.29) is 22.4 Å². The summed E-state index contributed by atoms with van der Waals surface area (Å²) in [6, 6.07) is 10.0. The minimum Gasteiger partial charge on any atom is -0.492 e. The number of thioether (sulfide) groups is 1. The van der Waals surface area contributed by atoms with Crippen LogP contribution in [0, 0.1) is 17.2 Å². The summed E-state index contributed by atoms with van der Waals surface area (Å²) in [6.45, 7) is 11.0. The number of carbonyl (C=O) groups is 2. The zero-order valence-electron chi connectivity index (χ0n) is 20.6. The first kappa shape index (κ1) is 26.9. The van der Waals surface area contributed by atoms with E-state index in [1.54, 1.807) is 22.7 Å². The van der Waals surface area contributed by atoms with Crippen LogP contribution in [-0.4, -0.2) is 78.1 Å². The summed E-state index contributed by atoms with van der Waals surface area (Å²) < 4.78 is 5.93. The third kappa shape index (κ3) is 7.91. The summed E-state index contributed by atoms with van der Waals surface area (Å²) >= 11 is 1.55. The summed E-state index contributed by atoms with van der Waals surface area (Å²) in [4.78, 5) is 29.4. The van der Waals surface area contributed by atoms with Gasteiger partial charge in [-0.25, -0.2) is 0 Å². The molecule has 2 N–H and O–H groups in total. The third-order valence-electron chi connectivity index (χ3n) is 6.34. The normalized spacial score (nSPS) is 20.9. The number of nitriles is 1. The standard InChI is InChI=1S/C26H37N5O3S/c1-3-11-29-25(32)20(19-27)17-24-31(4-2)26(33)23(35-24)10-12-28-21-8-7-9-22(18-21)34-16-15-30-13-5-6-14-30/h3,7-9,18,20,23-24,28H,1,4-6,10-17H2,2H3,(H,29,32). The van der Waals surface area contributed by atoms with Crippen LogP contribution in [0.1, 0.15) is 32.6 Å². The van der Waals surface area contributed by atoms with Crippen molar-refractivity contribution in [2.45, 2.75) is 43.2 Å². The van der Waals surface area contributed by atoms with Crippen LogP contribution in [0.15, 0.2) is 36.9 Å². The molecule has 2 aliphatic heterocycles. The Kier molecular flexibility index (Phi) is 10.8. The lowest BCUT2D eigenvalue weighted by atomic mass is 10.1. The van der Waals surface area contributed by atoms with Crippen molar-refractivity contribution in [1.82, 2.24) is 15.1 Å². The Balaban J connectivity index is 1.46. The molecular weight excluding hydrogens is 462 g/mol. The molecule has 1 aromatic rings. The number of benzene rings is 1. The van der Waals surface area contributed by atoms with Crippen molar-refractivity contribution in [1.29, 1.82) is 5.26 Å². The van der Waals surface area contributed by atoms with E-state index in [0.717, 1.165) is 18.0 Å². The molecule has 2 saturated heterocycles. The van der Waals surface area contributed by atoms with Gasteiger partial charge in [0, 0.05) is 44.4 Å². The minimum atomic E-state index is -0.792. The van der Waals surface area contributed by atoms with Crippen LogP contribution >= 0.6 is 11.8 Å². The largest absolute Gasteiger partial charge is 0.492 e. The molecule has 0 saturated carbocycles. The molecule has 2 aliphatic rings. The van der Waals surface area contributed by atoms with E-state index in [0.29, 0.717) is 39.1 Å². The summed E-state index contributed by atoms with van der Waals surface area (Å²) in [6.07, 6.45) is 5.13. The molecule has 0 bridgehead atoms. The average Bonchev–Trinajstić information content (AvgIpc) is 3.49. The number of nitrogens with zero attached hydrogens (tertiary/aromatic N) is 3. The molecular formula is C26H37N5O3S. The second-order valence-corrected chi connectivity index (χ2v) is 10.2. The fourth-order valence-electron chi connectivity index (χ4n) is 4.44. The lowest BCUT2D eigenvalue weighted by Gasteiger charge is -2.23. The van der Waals surface area contributed by atoms with E-state index in [2.05, 4.69) is 28.2 Å². The molecule has 2 amide bonds. The maximum atomic E-state index is 12.9. The number of likely N-dealkylation sites (tertiary alicyclic amines) is 1. The van der Waals surface area contributed by atoms with E-state index < -0.39 is 5.92 Å². The Hall–Kier alpha value is -2.70. The number of anilines is 1. The monoisotopic (exact) mass is 499 g/mol. The second-order valence-electron chi connectivity index (χ2n) is 8.80. The van der Waals surface area contributed by atoms with Gasteiger partial charge < -0.3 is 20.3 Å². The third-order valence-corrected chi connectivity index (χ3v) is 7.87. The molecule has 3 rings (SSSR count). The topological polar surface area (TPSA) is 97.7 Å². The van der Waals surface area contributed by atoms with E-state index >= 15 is 0 Å². The molecule has 0 radical (unpaired) electrons. The highest BCUT2D eigenvalue weighted by Gasteiger charge is 2.40. The van der Waals surface area contributed by atoms with Crippen LogP contribution < -0.4 is 15.4 Å². The van der Waals surface area contributed by atoms with Crippen LogP contribution in [0.2, 0.25) is 0 Å². The van der Waals surface area contributed by atoms with Gasteiger partial charge in [0.25, 0.3) is 0 Å². The van der Waals surface area contributed by atoms with Crippen molar-refractivity contribution in [2.75, 3.05) is 51.2 Å². The number of hydrogen-bond acceptors (Lipinski definition) is 7. The summed E-state index contributed by atoms with van der Waals surface area (Å²) in [7, 11) is 0. The van der Waals surface area contributed by atoms with Crippen molar-refractivity contribution < 1.29 is 14.3 Å². The zero-order valence-corrected chi connectivity index (χ0v) is 21.4. The molecule has 1 aromatic carbocycles. The van der Waals surface area contributed by atoms with Crippen LogP contribution in [0.3, 0.4) is 0 Å². The first-order valence-electron chi connectivity index (χ1n) is 12.5. The first-order valence-corrected chi connectivity index (χ1v) is 13.4. The quantitative estimate of drug-likeness (QED) is 0.380. The van der Waals surface area contributed by atoms with Gasteiger partial charge in [-0.05, 0) is 51.4 Å². The highest BCUT2D eigenvalue weighted by Crippen LogP contribution is 2.37. The molecule has 35 heavy (non-hydrogen) atoms. The Morgan fingerprint density at radius 2 is 2.20 bits per heavy atom. The molecule has 8 nitrogen and oxygen atoms in total. The lowest BCUT2D eigenvalue weighted by molar-refractivity contribution is -0.131. The van der Waals surface area contributed by atoms with E-state index in [9.17, 15) is 14.9 Å². The van der Waals surface area contributed by atoms with Gasteiger partial charge in [0.05, 0.1) is 16.7 Å². The van der Waals surface area contributed by atoms with Crippen molar-refractivity contribution >= 4 is 29.3 Å². The molecule has 0 spiro atoms. The molecule has 190 valence electrons. The Morgan fingerprint density at radius 3 is 2.91 bits per heavy atom. The summed E-state index contributed by atoms with van der Waals surface area (Å²) in [5, 5.41) is 15.2. The number of amides is 2. The Morgan fingerprint density at radius 1 is 1.40 bits per heavy atom. The Labute approximate surface area is 213 Å². The van der Waals surface area contributed by atoms with Crippen molar-refractivity contribution in [2.24, 2.45) is 5.92 Å². The minimum absolute atomic E-state index is 0.0755. The zero-order chi connectivity index (χ0) is 25.0. The number of ether oxygens (including phenoxy) is 1. The molecule has 3 atom stereocenters. The first-order chi connectivity index (χ1) is 17.0. The molecule has 0 aliphatic carbocycles. The smallest absolute Gasteiger partial charge is 0.237 e. The fourth-order valence-corrected chi connectivity index (χ4v) is 6.03. The van der Waals surface area contributed by atoms with Gasteiger partial charge in [0.2, 0.25) is 11.8 Å². The molecule has 0 aromatic heterocycles. The van der Waals surface area contributed by atoms with Gasteiger partial charge in [0.15, 0.2) is 0 Å². The van der Waals surface area contributed by atoms with Crippen LogP contribution in [0.25, 0.3) is 0 Å². The average molecular weight is 500 g/mol. The number of hydrogen-bond donors (Lipinski definition) is 2. The van der Waals surface area contributed by atoms with E-state index in [1.807, 2.05) is 31.2 Å². The number of nitrogens with one attached hydrogen (secondary N) is 2. The fraction of sp³-hybridized carbons (Fsp3) is 0.577. The van der Waals surface area contributed by atoms with Crippen LogP contribution in [-0.2, 0) is 9.59 Å². The van der Waals surface area contributed by atoms with Gasteiger partial charge in [0.1, 0.15) is 18.3 Å². The predicted molar refractivity (Wildman–Crippen MR) is 140 cm³/mol. The van der Waals surface area contributed by atoms with Crippen LogP contribution in [0.5, 0.6) is 5.75 Å². The molecule has 2 heterocycles. The highest BCUT2D eigenvalue weighted by atomic mass is 32.2. The predicted octanol–water partition coefficient (Wildman–Crippen LogP) is 3.09. The maximum Gasteiger partial charge on any atom is 0.237 e. The summed E-state index contributed by atoms with van der Waals surface area (Å²) in [5.41, 5.74) is 0.964. The van der Waals surface area contributed by atoms with Crippen molar-refractivity contribution in [3.8, 4) is 11.8 Å². The van der Waals surface area contributed by atoms with Gasteiger partial charge in [-0.15, -0.1) is 18.3 Å². The van der Waals surface area contributed by atoms with E-state index in [1.165, 1.54) is 25.9 Å². The van der Waals surface area contributed by atoms with Crippen LogP contribution in [0.4, 0.5) is 5.69 Å². The second kappa shape index (κ2) is 14.0. The SMILES string of the molecule is C=CCNC(=O)C(C#N)CC1SC(CCNc2cccc(OCCN3CCCC3)c2)C(=O)N1CC. The van der Waals surface area contributed by atoms with E-state index in [4.69, 9.17) is 4.74 Å². The highest BCUT2D eigenvalue weighted by molar-refractivity contribution is 8.01. The molecule has 9 heteroatoms. The van der Waals surface area contributed by atoms with Crippen molar-refractivity contribution in [3.05, 3.63) is 36.9 Å². The maximum absolute atomic E-state index is 12.9. The summed E-state index contributed by atoms with van der Waals surface area (Å²) in [5.74, 6) is -0.190. The van der Waals surface area contributed by atoms with Gasteiger partial charge in [-0.3, -0.25) is 14.5 Å². The van der Waals surface area contributed by atoms with Crippen molar-refractivity contribution in [3.63, 3.8) is 0 Å². The number of carbonyl (C=O) groups excluding carboxylic acids is 2. The lowest BCUT2D eigenvalue weighted by Crippen LogP contribution is -2.38. The Bertz CT molecular complexity index is 899. The van der Waals surface area contributed by atoms with Gasteiger partial charge in [-0.1, -0.05) is 12.1 Å². The number of rotatable bonds is 14. The van der Waals surface area contributed by atoms with Gasteiger partial charge in [-0.2, -0.15) is 5.26 Å². The molecule has 2 fully saturated rings. The van der Waals surface area contributed by atoms with Gasteiger partial charge >= 0.3 is 0 Å². The molecule has 3 unspecified atom stereocenters.